The molecule has 1 saturated carbocycles. The molecule has 1 aliphatic carbocycles. The maximum Gasteiger partial charge on any atom is 0.271 e. The zero-order valence-electron chi connectivity index (χ0n) is 17.0. The topological polar surface area (TPSA) is 64.0 Å². The lowest BCUT2D eigenvalue weighted by Gasteiger charge is -2.38. The molecule has 0 saturated heterocycles. The first-order valence-electron chi connectivity index (χ1n) is 10.5. The number of aromatic nitrogens is 2. The van der Waals surface area contributed by atoms with E-state index in [0.29, 0.717) is 18.8 Å². The molecule has 0 radical (unpaired) electrons. The number of benzene rings is 1. The van der Waals surface area contributed by atoms with Gasteiger partial charge in [0.2, 0.25) is 0 Å². The quantitative estimate of drug-likeness (QED) is 0.789. The first kappa shape index (κ1) is 20.3. The summed E-state index contributed by atoms with van der Waals surface area (Å²) in [6.07, 6.45) is 7.64. The van der Waals surface area contributed by atoms with E-state index in [2.05, 4.69) is 48.5 Å². The van der Waals surface area contributed by atoms with Crippen LogP contribution in [0.15, 0.2) is 41.2 Å². The van der Waals surface area contributed by atoms with E-state index in [1.807, 2.05) is 0 Å². The van der Waals surface area contributed by atoms with Crippen molar-refractivity contribution in [3.05, 3.63) is 63.6 Å². The van der Waals surface area contributed by atoms with Crippen molar-refractivity contribution in [3.8, 4) is 0 Å². The van der Waals surface area contributed by atoms with Crippen LogP contribution in [0.3, 0.4) is 0 Å². The Bertz CT molecular complexity index is 866. The molecular formula is C23H31N3O2. The lowest BCUT2D eigenvalue weighted by Crippen LogP contribution is -2.42. The van der Waals surface area contributed by atoms with Gasteiger partial charge in [-0.15, -0.1) is 0 Å². The Labute approximate surface area is 167 Å². The number of hydrogen-bond donors (Lipinski definition) is 1. The van der Waals surface area contributed by atoms with E-state index in [4.69, 9.17) is 0 Å². The van der Waals surface area contributed by atoms with Crippen molar-refractivity contribution in [1.82, 2.24) is 15.1 Å². The minimum absolute atomic E-state index is 0.0173. The molecule has 0 bridgehead atoms. The van der Waals surface area contributed by atoms with Crippen molar-refractivity contribution < 1.29 is 4.79 Å². The summed E-state index contributed by atoms with van der Waals surface area (Å²) in [4.78, 5) is 24.7. The van der Waals surface area contributed by atoms with Crippen LogP contribution in [0, 0.1) is 6.92 Å². The van der Waals surface area contributed by atoms with Gasteiger partial charge in [0.05, 0.1) is 0 Å². The van der Waals surface area contributed by atoms with Crippen LogP contribution < -0.4 is 10.9 Å². The first-order valence-corrected chi connectivity index (χ1v) is 10.5. The Morgan fingerprint density at radius 2 is 1.96 bits per heavy atom. The Balaban J connectivity index is 1.76. The van der Waals surface area contributed by atoms with Gasteiger partial charge in [0.25, 0.3) is 11.5 Å². The zero-order chi connectivity index (χ0) is 20.0. The van der Waals surface area contributed by atoms with Crippen molar-refractivity contribution in [2.75, 3.05) is 6.54 Å². The van der Waals surface area contributed by atoms with Gasteiger partial charge in [-0.1, -0.05) is 62.4 Å². The van der Waals surface area contributed by atoms with Crippen LogP contribution in [0.4, 0.5) is 0 Å². The number of amides is 1. The van der Waals surface area contributed by atoms with Gasteiger partial charge in [-0.3, -0.25) is 9.59 Å². The van der Waals surface area contributed by atoms with E-state index in [-0.39, 0.29) is 16.9 Å². The molecule has 28 heavy (non-hydrogen) atoms. The highest BCUT2D eigenvalue weighted by molar-refractivity contribution is 5.92. The summed E-state index contributed by atoms with van der Waals surface area (Å²) in [5, 5.41) is 7.39. The summed E-state index contributed by atoms with van der Waals surface area (Å²) in [7, 11) is 0. The molecule has 1 aliphatic rings. The summed E-state index contributed by atoms with van der Waals surface area (Å²) in [5.41, 5.74) is 2.70. The van der Waals surface area contributed by atoms with Gasteiger partial charge in [-0.2, -0.15) is 5.10 Å². The molecule has 0 atom stereocenters. The lowest BCUT2D eigenvalue weighted by atomic mass is 9.69. The summed E-state index contributed by atoms with van der Waals surface area (Å²) in [6, 6.07) is 11.6. The number of unbranched alkanes of at least 4 members (excludes halogenated alkanes) is 1. The number of nitrogens with zero attached hydrogens (tertiary/aromatic N) is 2. The smallest absolute Gasteiger partial charge is 0.271 e. The van der Waals surface area contributed by atoms with Crippen LogP contribution in [-0.4, -0.2) is 22.2 Å². The van der Waals surface area contributed by atoms with E-state index in [9.17, 15) is 9.59 Å². The molecule has 5 nitrogen and oxygen atoms in total. The van der Waals surface area contributed by atoms with Crippen LogP contribution in [0.5, 0.6) is 0 Å². The lowest BCUT2D eigenvalue weighted by molar-refractivity contribution is 0.0929. The van der Waals surface area contributed by atoms with E-state index in [1.54, 1.807) is 0 Å². The van der Waals surface area contributed by atoms with Gasteiger partial charge in [0.1, 0.15) is 5.69 Å². The fraction of sp³-hybridized carbons (Fsp3) is 0.522. The summed E-state index contributed by atoms with van der Waals surface area (Å²) >= 11 is 0. The second-order valence-corrected chi connectivity index (χ2v) is 8.03. The Kier molecular flexibility index (Phi) is 6.65. The van der Waals surface area contributed by atoms with Crippen LogP contribution >= 0.6 is 0 Å². The number of hydrogen-bond acceptors (Lipinski definition) is 3. The molecule has 1 aromatic carbocycles. The molecule has 1 amide bonds. The predicted molar refractivity (Wildman–Crippen MR) is 112 cm³/mol. The molecule has 150 valence electrons. The number of nitrogens with one attached hydrogen (secondary N) is 1. The summed E-state index contributed by atoms with van der Waals surface area (Å²) in [6.45, 7) is 5.33. The minimum Gasteiger partial charge on any atom is -0.350 e. The first-order chi connectivity index (χ1) is 13.5. The average molecular weight is 382 g/mol. The average Bonchev–Trinajstić information content (AvgIpc) is 2.72. The molecule has 1 fully saturated rings. The van der Waals surface area contributed by atoms with Gasteiger partial charge in [0, 0.05) is 24.6 Å². The van der Waals surface area contributed by atoms with E-state index < -0.39 is 0 Å². The van der Waals surface area contributed by atoms with Gasteiger partial charge in [-0.05, 0) is 37.8 Å². The monoisotopic (exact) mass is 381 g/mol. The molecule has 5 heteroatoms. The number of rotatable bonds is 7. The van der Waals surface area contributed by atoms with Crippen LogP contribution in [0.1, 0.15) is 73.5 Å². The Morgan fingerprint density at radius 1 is 1.18 bits per heavy atom. The molecule has 0 spiro atoms. The molecule has 2 aromatic rings. The predicted octanol–water partition coefficient (Wildman–Crippen LogP) is 3.98. The van der Waals surface area contributed by atoms with E-state index >= 15 is 0 Å². The molecule has 1 aromatic heterocycles. The fourth-order valence-electron chi connectivity index (χ4n) is 4.15. The third-order valence-electron chi connectivity index (χ3n) is 5.85. The standard InChI is InChI=1S/C23H31N3O2/c1-3-4-15-26-21(27)12-11-20(25-26)22(28)24-17-23(13-6-5-7-14-23)19-10-8-9-18(2)16-19/h8-12,16H,3-7,13-15,17H2,1-2H3,(H,24,28). The molecule has 3 rings (SSSR count). The highest BCUT2D eigenvalue weighted by Gasteiger charge is 2.34. The SMILES string of the molecule is CCCCn1nc(C(=O)NCC2(c3cccc(C)c3)CCCCC2)ccc1=O. The number of aryl methyl sites for hydroxylation is 2. The van der Waals surface area contributed by atoms with Crippen molar-refractivity contribution in [2.24, 2.45) is 0 Å². The second kappa shape index (κ2) is 9.18. The highest BCUT2D eigenvalue weighted by atomic mass is 16.2. The zero-order valence-corrected chi connectivity index (χ0v) is 17.0. The van der Waals surface area contributed by atoms with Crippen molar-refractivity contribution in [3.63, 3.8) is 0 Å². The van der Waals surface area contributed by atoms with Gasteiger partial charge in [0.15, 0.2) is 0 Å². The summed E-state index contributed by atoms with van der Waals surface area (Å²) in [5.74, 6) is -0.206. The number of carbonyl (C=O) groups excluding carboxylic acids is 1. The Hall–Kier alpha value is -2.43. The molecule has 0 unspecified atom stereocenters. The fourth-order valence-corrected chi connectivity index (χ4v) is 4.15. The van der Waals surface area contributed by atoms with Crippen molar-refractivity contribution >= 4 is 5.91 Å². The minimum atomic E-state index is -0.206. The van der Waals surface area contributed by atoms with Crippen LogP contribution in [-0.2, 0) is 12.0 Å². The third kappa shape index (κ3) is 4.70. The van der Waals surface area contributed by atoms with Gasteiger partial charge >= 0.3 is 0 Å². The maximum absolute atomic E-state index is 12.8. The Morgan fingerprint density at radius 3 is 2.68 bits per heavy atom. The number of carbonyl (C=O) groups is 1. The van der Waals surface area contributed by atoms with Crippen LogP contribution in [0.2, 0.25) is 0 Å². The third-order valence-corrected chi connectivity index (χ3v) is 5.85. The normalized spacial score (nSPS) is 15.9. The van der Waals surface area contributed by atoms with Gasteiger partial charge < -0.3 is 5.32 Å². The summed E-state index contributed by atoms with van der Waals surface area (Å²) < 4.78 is 1.40. The van der Waals surface area contributed by atoms with E-state index in [1.165, 1.54) is 47.2 Å². The molecule has 0 aliphatic heterocycles. The van der Waals surface area contributed by atoms with Crippen molar-refractivity contribution in [2.45, 2.75) is 70.8 Å². The second-order valence-electron chi connectivity index (χ2n) is 8.03. The molecule has 1 N–H and O–H groups in total. The molecule has 1 heterocycles. The van der Waals surface area contributed by atoms with Crippen molar-refractivity contribution in [1.29, 1.82) is 0 Å². The van der Waals surface area contributed by atoms with Gasteiger partial charge in [-0.25, -0.2) is 4.68 Å². The van der Waals surface area contributed by atoms with E-state index in [0.717, 1.165) is 25.7 Å². The molecular weight excluding hydrogens is 350 g/mol. The largest absolute Gasteiger partial charge is 0.350 e. The maximum atomic E-state index is 12.8. The highest BCUT2D eigenvalue weighted by Crippen LogP contribution is 2.39. The van der Waals surface area contributed by atoms with Crippen LogP contribution in [0.25, 0.3) is 0 Å².